The Morgan fingerprint density at radius 1 is 1.11 bits per heavy atom. The minimum atomic E-state index is -0.711. The van der Waals surface area contributed by atoms with Crippen LogP contribution in [0.3, 0.4) is 0 Å². The van der Waals surface area contributed by atoms with Crippen molar-refractivity contribution in [2.24, 2.45) is 15.9 Å². The zero-order chi connectivity index (χ0) is 20.3. The third-order valence-electron chi connectivity index (χ3n) is 3.75. The first kappa shape index (κ1) is 20.7. The summed E-state index contributed by atoms with van der Waals surface area (Å²) >= 11 is 18.8. The fraction of sp³-hybridized carbons (Fsp3) is 0.111. The van der Waals surface area contributed by atoms with Crippen LogP contribution in [0.25, 0.3) is 0 Å². The van der Waals surface area contributed by atoms with Gasteiger partial charge in [-0.1, -0.05) is 58.7 Å². The second kappa shape index (κ2) is 8.96. The van der Waals surface area contributed by atoms with Crippen molar-refractivity contribution in [3.05, 3.63) is 63.1 Å². The highest BCUT2D eigenvalue weighted by molar-refractivity contribution is 8.14. The summed E-state index contributed by atoms with van der Waals surface area (Å²) in [7, 11) is 0. The van der Waals surface area contributed by atoms with Crippen molar-refractivity contribution in [3.63, 3.8) is 0 Å². The molecule has 1 aliphatic rings. The normalized spacial score (nSPS) is 17.8. The van der Waals surface area contributed by atoms with Gasteiger partial charge in [-0.25, -0.2) is 4.90 Å². The lowest BCUT2D eigenvalue weighted by molar-refractivity contribution is -0.121. The van der Waals surface area contributed by atoms with E-state index in [0.717, 1.165) is 22.2 Å². The quantitative estimate of drug-likeness (QED) is 0.321. The molecule has 144 valence electrons. The summed E-state index contributed by atoms with van der Waals surface area (Å²) in [5.41, 5.74) is 6.88. The third kappa shape index (κ3) is 4.86. The zero-order valence-electron chi connectivity index (χ0n) is 14.2. The monoisotopic (exact) mass is 454 g/mol. The van der Waals surface area contributed by atoms with Gasteiger partial charge in [-0.15, -0.1) is 5.10 Å². The molecule has 0 radical (unpaired) electrons. The number of thioether (sulfide) groups is 1. The Balaban J connectivity index is 1.69. The number of benzene rings is 2. The molecule has 1 unspecified atom stereocenters. The Hall–Kier alpha value is -2.06. The predicted molar refractivity (Wildman–Crippen MR) is 116 cm³/mol. The second-order valence-electron chi connectivity index (χ2n) is 5.71. The van der Waals surface area contributed by atoms with Crippen LogP contribution >= 0.6 is 46.6 Å². The Kier molecular flexibility index (Phi) is 6.61. The number of nitrogens with zero attached hydrogens (tertiary/aromatic N) is 3. The van der Waals surface area contributed by atoms with E-state index in [1.165, 1.54) is 18.3 Å². The lowest BCUT2D eigenvalue weighted by Crippen LogP contribution is -2.32. The lowest BCUT2D eigenvalue weighted by Gasteiger charge is -2.16. The molecule has 0 bridgehead atoms. The number of carbonyl (C=O) groups excluding carboxylic acids is 2. The Bertz CT molecular complexity index is 979. The van der Waals surface area contributed by atoms with Crippen molar-refractivity contribution in [3.8, 4) is 0 Å². The molecule has 6 nitrogen and oxygen atoms in total. The molecular formula is C18H13Cl3N4O2S. The predicted octanol–water partition coefficient (Wildman–Crippen LogP) is 4.36. The van der Waals surface area contributed by atoms with Crippen LogP contribution in [0.5, 0.6) is 0 Å². The highest BCUT2D eigenvalue weighted by atomic mass is 35.5. The minimum Gasteiger partial charge on any atom is -0.377 e. The van der Waals surface area contributed by atoms with Crippen LogP contribution in [0.15, 0.2) is 52.7 Å². The van der Waals surface area contributed by atoms with Crippen molar-refractivity contribution in [2.75, 3.05) is 4.90 Å². The number of hydrogen-bond donors (Lipinski definition) is 1. The van der Waals surface area contributed by atoms with E-state index in [1.54, 1.807) is 30.3 Å². The molecule has 2 amide bonds. The average molecular weight is 456 g/mol. The van der Waals surface area contributed by atoms with E-state index < -0.39 is 11.2 Å². The van der Waals surface area contributed by atoms with Gasteiger partial charge in [-0.2, -0.15) is 5.10 Å². The summed E-state index contributed by atoms with van der Waals surface area (Å²) in [6.07, 6.45) is 1.48. The molecule has 1 atom stereocenters. The van der Waals surface area contributed by atoms with Crippen molar-refractivity contribution in [1.82, 2.24) is 0 Å². The second-order valence-corrected chi connectivity index (χ2v) is 8.21. The van der Waals surface area contributed by atoms with Gasteiger partial charge >= 0.3 is 0 Å². The van der Waals surface area contributed by atoms with Gasteiger partial charge in [-0.05, 0) is 35.9 Å². The molecule has 0 aliphatic carbocycles. The van der Waals surface area contributed by atoms with Crippen molar-refractivity contribution in [2.45, 2.75) is 11.7 Å². The molecule has 1 aliphatic heterocycles. The van der Waals surface area contributed by atoms with E-state index in [9.17, 15) is 9.59 Å². The number of hydrogen-bond acceptors (Lipinski definition) is 5. The highest BCUT2D eigenvalue weighted by Crippen LogP contribution is 2.35. The summed E-state index contributed by atoms with van der Waals surface area (Å²) in [5, 5.41) is 8.34. The van der Waals surface area contributed by atoms with Gasteiger partial charge in [0.25, 0.3) is 0 Å². The molecule has 10 heteroatoms. The number of amides is 2. The van der Waals surface area contributed by atoms with Gasteiger partial charge in [0.05, 0.1) is 16.9 Å². The standard InChI is InChI=1S/C18H13Cl3N4O2S/c19-11-3-1-10(2-4-11)9-23-24-18(22)28-15-8-16(26)25(17(15)27)14-7-12(20)5-6-13(14)21/h1-7,9,15H,8H2,(H2,22,24). The van der Waals surface area contributed by atoms with Crippen LogP contribution in [-0.4, -0.2) is 28.4 Å². The molecule has 3 rings (SSSR count). The number of amidine groups is 1. The fourth-order valence-electron chi connectivity index (χ4n) is 2.48. The molecular weight excluding hydrogens is 443 g/mol. The van der Waals surface area contributed by atoms with E-state index in [-0.39, 0.29) is 28.2 Å². The first-order valence-corrected chi connectivity index (χ1v) is 9.97. The molecule has 1 heterocycles. The number of rotatable bonds is 4. The molecule has 1 saturated heterocycles. The SMILES string of the molecule is NC(=NN=Cc1ccc(Cl)cc1)SC1CC(=O)N(c2cc(Cl)ccc2Cl)C1=O. The van der Waals surface area contributed by atoms with E-state index >= 15 is 0 Å². The van der Waals surface area contributed by atoms with Crippen LogP contribution in [0.2, 0.25) is 15.1 Å². The van der Waals surface area contributed by atoms with Crippen molar-refractivity contribution >= 4 is 75.4 Å². The minimum absolute atomic E-state index is 0.0243. The molecule has 1 fully saturated rings. The maximum absolute atomic E-state index is 12.7. The van der Waals surface area contributed by atoms with Crippen LogP contribution < -0.4 is 10.6 Å². The number of halogens is 3. The molecule has 28 heavy (non-hydrogen) atoms. The Labute approximate surface area is 180 Å². The summed E-state index contributed by atoms with van der Waals surface area (Å²) in [4.78, 5) is 26.0. The van der Waals surface area contributed by atoms with Gasteiger partial charge in [-0.3, -0.25) is 9.59 Å². The topological polar surface area (TPSA) is 88.1 Å². The van der Waals surface area contributed by atoms with Gasteiger partial charge in [0.1, 0.15) is 5.25 Å². The van der Waals surface area contributed by atoms with Crippen LogP contribution in [0.4, 0.5) is 5.69 Å². The van der Waals surface area contributed by atoms with Gasteiger partial charge in [0.15, 0.2) is 5.17 Å². The smallest absolute Gasteiger partial charge is 0.247 e. The molecule has 2 aromatic carbocycles. The van der Waals surface area contributed by atoms with Gasteiger partial charge < -0.3 is 5.73 Å². The van der Waals surface area contributed by atoms with Gasteiger partial charge in [0.2, 0.25) is 11.8 Å². The summed E-state index contributed by atoms with van der Waals surface area (Å²) in [6, 6.07) is 11.6. The third-order valence-corrected chi connectivity index (χ3v) is 5.53. The van der Waals surface area contributed by atoms with E-state index in [1.807, 2.05) is 0 Å². The first-order chi connectivity index (χ1) is 13.3. The van der Waals surface area contributed by atoms with Crippen molar-refractivity contribution < 1.29 is 9.59 Å². The van der Waals surface area contributed by atoms with E-state index in [4.69, 9.17) is 40.5 Å². The highest BCUT2D eigenvalue weighted by Gasteiger charge is 2.41. The number of carbonyl (C=O) groups is 2. The zero-order valence-corrected chi connectivity index (χ0v) is 17.3. The summed E-state index contributed by atoms with van der Waals surface area (Å²) in [5.74, 6) is -0.817. The number of anilines is 1. The van der Waals surface area contributed by atoms with Crippen LogP contribution in [0.1, 0.15) is 12.0 Å². The molecule has 0 aromatic heterocycles. The van der Waals surface area contributed by atoms with E-state index in [0.29, 0.717) is 10.0 Å². The fourth-order valence-corrected chi connectivity index (χ4v) is 3.79. The number of nitrogens with two attached hydrogens (primary N) is 1. The maximum Gasteiger partial charge on any atom is 0.247 e. The first-order valence-electron chi connectivity index (χ1n) is 7.95. The van der Waals surface area contributed by atoms with Crippen LogP contribution in [0, 0.1) is 0 Å². The number of imide groups is 1. The summed E-state index contributed by atoms with van der Waals surface area (Å²) < 4.78 is 0. The Morgan fingerprint density at radius 3 is 2.50 bits per heavy atom. The molecule has 2 aromatic rings. The van der Waals surface area contributed by atoms with Crippen molar-refractivity contribution in [1.29, 1.82) is 0 Å². The van der Waals surface area contributed by atoms with Gasteiger partial charge in [0, 0.05) is 16.5 Å². The molecule has 0 saturated carbocycles. The summed E-state index contributed by atoms with van der Waals surface area (Å²) in [6.45, 7) is 0. The lowest BCUT2D eigenvalue weighted by atomic mass is 10.2. The Morgan fingerprint density at radius 2 is 1.79 bits per heavy atom. The molecule has 0 spiro atoms. The van der Waals surface area contributed by atoms with E-state index in [2.05, 4.69) is 10.2 Å². The average Bonchev–Trinajstić information content (AvgIpc) is 2.92. The van der Waals surface area contributed by atoms with Crippen LogP contribution in [-0.2, 0) is 9.59 Å². The largest absolute Gasteiger partial charge is 0.377 e. The maximum atomic E-state index is 12.7. The molecule has 2 N–H and O–H groups in total.